The van der Waals surface area contributed by atoms with Crippen LogP contribution in [0.1, 0.15) is 13.8 Å². The zero-order valence-electron chi connectivity index (χ0n) is 7.82. The van der Waals surface area contributed by atoms with Gasteiger partial charge in [-0.2, -0.15) is 4.99 Å². The van der Waals surface area contributed by atoms with E-state index in [0.29, 0.717) is 0 Å². The highest BCUT2D eigenvalue weighted by Crippen LogP contribution is 2.06. The average molecular weight is 183 g/mol. The number of rotatable bonds is 5. The van der Waals surface area contributed by atoms with Crippen LogP contribution in [-0.2, 0) is 14.3 Å². The molecule has 0 aliphatic carbocycles. The summed E-state index contributed by atoms with van der Waals surface area (Å²) in [6, 6.07) is -0.318. The topological polar surface area (TPSA) is 55.7 Å². The standard InChI is InChI=1S/C9H13NO3/c1-4-9(12)13-5-8(7(2)3)10-6-11/h4,7-8H,1,5H2,2-3H3. The van der Waals surface area contributed by atoms with Crippen molar-refractivity contribution in [3.8, 4) is 0 Å². The molecule has 72 valence electrons. The van der Waals surface area contributed by atoms with Crippen LogP contribution in [0.5, 0.6) is 0 Å². The minimum absolute atomic E-state index is 0.0950. The summed E-state index contributed by atoms with van der Waals surface area (Å²) in [4.78, 5) is 24.2. The summed E-state index contributed by atoms with van der Waals surface area (Å²) in [7, 11) is 0. The molecule has 0 N–H and O–H groups in total. The summed E-state index contributed by atoms with van der Waals surface area (Å²) in [5.74, 6) is -0.370. The van der Waals surface area contributed by atoms with E-state index in [9.17, 15) is 9.59 Å². The number of hydrogen-bond acceptors (Lipinski definition) is 4. The maximum atomic E-state index is 10.7. The Balaban J connectivity index is 4.03. The minimum atomic E-state index is -0.508. The fourth-order valence-electron chi connectivity index (χ4n) is 0.673. The quantitative estimate of drug-likeness (QED) is 0.277. The molecule has 4 heteroatoms. The Bertz CT molecular complexity index is 229. The van der Waals surface area contributed by atoms with Gasteiger partial charge in [-0.25, -0.2) is 9.59 Å². The molecule has 1 atom stereocenters. The van der Waals surface area contributed by atoms with Gasteiger partial charge >= 0.3 is 5.97 Å². The van der Waals surface area contributed by atoms with E-state index in [-0.39, 0.29) is 18.6 Å². The fraction of sp³-hybridized carbons (Fsp3) is 0.556. The molecular formula is C9H13NO3. The molecule has 0 aromatic carbocycles. The molecule has 0 aromatic heterocycles. The van der Waals surface area contributed by atoms with Gasteiger partial charge in [-0.3, -0.25) is 0 Å². The summed E-state index contributed by atoms with van der Waals surface area (Å²) in [6.45, 7) is 7.11. The third-order valence-corrected chi connectivity index (χ3v) is 1.55. The largest absolute Gasteiger partial charge is 0.460 e. The van der Waals surface area contributed by atoms with Crippen molar-refractivity contribution in [2.45, 2.75) is 19.9 Å². The van der Waals surface area contributed by atoms with Crippen molar-refractivity contribution in [3.05, 3.63) is 12.7 Å². The zero-order valence-corrected chi connectivity index (χ0v) is 7.82. The maximum absolute atomic E-state index is 10.7. The van der Waals surface area contributed by atoms with Crippen molar-refractivity contribution in [1.29, 1.82) is 0 Å². The lowest BCUT2D eigenvalue weighted by Gasteiger charge is -2.13. The van der Waals surface area contributed by atoms with Crippen LogP contribution in [0.2, 0.25) is 0 Å². The molecule has 0 radical (unpaired) electrons. The molecule has 0 saturated heterocycles. The number of nitrogens with zero attached hydrogens (tertiary/aromatic N) is 1. The van der Waals surface area contributed by atoms with E-state index < -0.39 is 5.97 Å². The highest BCUT2D eigenvalue weighted by atomic mass is 16.5. The average Bonchev–Trinajstić information content (AvgIpc) is 2.11. The molecule has 0 aliphatic heterocycles. The number of ether oxygens (including phenoxy) is 1. The number of aliphatic imine (C=N–C) groups is 1. The number of esters is 1. The molecule has 0 spiro atoms. The predicted octanol–water partition coefficient (Wildman–Crippen LogP) is 1.08. The summed E-state index contributed by atoms with van der Waals surface area (Å²) in [5, 5.41) is 0. The Kier molecular flexibility index (Phi) is 5.48. The van der Waals surface area contributed by atoms with Gasteiger partial charge in [0.15, 0.2) is 0 Å². The smallest absolute Gasteiger partial charge is 0.330 e. The lowest BCUT2D eigenvalue weighted by molar-refractivity contribution is -0.138. The summed E-state index contributed by atoms with van der Waals surface area (Å²) in [5.41, 5.74) is 0. The summed E-state index contributed by atoms with van der Waals surface area (Å²) < 4.78 is 4.74. The lowest BCUT2D eigenvalue weighted by Crippen LogP contribution is -2.21. The summed E-state index contributed by atoms with van der Waals surface area (Å²) in [6.07, 6.45) is 2.52. The fourth-order valence-corrected chi connectivity index (χ4v) is 0.673. The van der Waals surface area contributed by atoms with Crippen molar-refractivity contribution >= 4 is 12.0 Å². The molecule has 0 fully saturated rings. The Morgan fingerprint density at radius 1 is 1.69 bits per heavy atom. The number of hydrogen-bond donors (Lipinski definition) is 0. The van der Waals surface area contributed by atoms with Gasteiger partial charge in [0, 0.05) is 6.08 Å². The van der Waals surface area contributed by atoms with Gasteiger partial charge in [-0.15, -0.1) is 0 Å². The van der Waals surface area contributed by atoms with Crippen LogP contribution < -0.4 is 0 Å². The predicted molar refractivity (Wildman–Crippen MR) is 47.9 cm³/mol. The normalized spacial score (nSPS) is 11.6. The first-order valence-corrected chi connectivity index (χ1v) is 3.98. The van der Waals surface area contributed by atoms with Crippen molar-refractivity contribution in [2.75, 3.05) is 6.61 Å². The first kappa shape index (κ1) is 11.6. The van der Waals surface area contributed by atoms with E-state index in [1.165, 1.54) is 6.08 Å². The molecule has 13 heavy (non-hydrogen) atoms. The van der Waals surface area contributed by atoms with Gasteiger partial charge in [0.1, 0.15) is 6.61 Å². The molecule has 4 nitrogen and oxygen atoms in total. The molecule has 0 rings (SSSR count). The molecular weight excluding hydrogens is 170 g/mol. The Morgan fingerprint density at radius 3 is 2.69 bits per heavy atom. The van der Waals surface area contributed by atoms with E-state index in [4.69, 9.17) is 4.74 Å². The number of isocyanates is 1. The molecule has 1 unspecified atom stereocenters. The third kappa shape index (κ3) is 4.93. The minimum Gasteiger partial charge on any atom is -0.460 e. The van der Waals surface area contributed by atoms with Gasteiger partial charge in [0.05, 0.1) is 6.04 Å². The van der Waals surface area contributed by atoms with Crippen LogP contribution in [0.3, 0.4) is 0 Å². The van der Waals surface area contributed by atoms with Crippen LogP contribution in [0.15, 0.2) is 17.6 Å². The molecule has 0 aliphatic rings. The second kappa shape index (κ2) is 6.14. The molecule has 0 bridgehead atoms. The van der Waals surface area contributed by atoms with Gasteiger partial charge in [0.25, 0.3) is 0 Å². The van der Waals surface area contributed by atoms with Crippen molar-refractivity contribution in [3.63, 3.8) is 0 Å². The summed E-state index contributed by atoms with van der Waals surface area (Å²) >= 11 is 0. The van der Waals surface area contributed by atoms with Crippen molar-refractivity contribution in [1.82, 2.24) is 0 Å². The van der Waals surface area contributed by atoms with E-state index in [1.807, 2.05) is 13.8 Å². The molecule has 0 aromatic rings. The second-order valence-corrected chi connectivity index (χ2v) is 2.87. The molecule has 0 heterocycles. The lowest BCUT2D eigenvalue weighted by atomic mass is 10.1. The van der Waals surface area contributed by atoms with Gasteiger partial charge in [0.2, 0.25) is 6.08 Å². The van der Waals surface area contributed by atoms with Crippen molar-refractivity contribution < 1.29 is 14.3 Å². The van der Waals surface area contributed by atoms with Crippen molar-refractivity contribution in [2.24, 2.45) is 10.9 Å². The van der Waals surface area contributed by atoms with E-state index in [2.05, 4.69) is 11.6 Å². The van der Waals surface area contributed by atoms with Crippen LogP contribution in [0.4, 0.5) is 0 Å². The zero-order chi connectivity index (χ0) is 10.3. The van der Waals surface area contributed by atoms with E-state index in [1.54, 1.807) is 0 Å². The van der Waals surface area contributed by atoms with Crippen LogP contribution in [0, 0.1) is 5.92 Å². The molecule has 0 amide bonds. The Hall–Kier alpha value is -1.41. The van der Waals surface area contributed by atoms with Crippen LogP contribution in [-0.4, -0.2) is 24.7 Å². The van der Waals surface area contributed by atoms with Gasteiger partial charge in [-0.05, 0) is 5.92 Å². The maximum Gasteiger partial charge on any atom is 0.330 e. The first-order valence-electron chi connectivity index (χ1n) is 3.98. The van der Waals surface area contributed by atoms with E-state index >= 15 is 0 Å². The number of carbonyl (C=O) groups is 1. The SMILES string of the molecule is C=CC(=O)OCC(N=C=O)C(C)C. The van der Waals surface area contributed by atoms with Crippen LogP contribution >= 0.6 is 0 Å². The Labute approximate surface area is 77.3 Å². The Morgan fingerprint density at radius 2 is 2.31 bits per heavy atom. The van der Waals surface area contributed by atoms with Gasteiger partial charge in [-0.1, -0.05) is 20.4 Å². The second-order valence-electron chi connectivity index (χ2n) is 2.87. The number of carbonyl (C=O) groups excluding carboxylic acids is 2. The monoisotopic (exact) mass is 183 g/mol. The highest BCUT2D eigenvalue weighted by molar-refractivity contribution is 5.81. The first-order chi connectivity index (χ1) is 6.11. The highest BCUT2D eigenvalue weighted by Gasteiger charge is 2.13. The van der Waals surface area contributed by atoms with E-state index in [0.717, 1.165) is 6.08 Å². The van der Waals surface area contributed by atoms with Crippen LogP contribution in [0.25, 0.3) is 0 Å². The third-order valence-electron chi connectivity index (χ3n) is 1.55. The van der Waals surface area contributed by atoms with Gasteiger partial charge < -0.3 is 4.74 Å². The molecule has 0 saturated carbocycles.